The van der Waals surface area contributed by atoms with Gasteiger partial charge in [-0.1, -0.05) is 24.3 Å². The predicted molar refractivity (Wildman–Crippen MR) is 75.2 cm³/mol. The second-order valence-corrected chi connectivity index (χ2v) is 4.83. The Kier molecular flexibility index (Phi) is 4.56. The quantitative estimate of drug-likeness (QED) is 0.816. The molecule has 0 aliphatic carbocycles. The summed E-state index contributed by atoms with van der Waals surface area (Å²) in [7, 11) is 4.20. The van der Waals surface area contributed by atoms with Crippen LogP contribution >= 0.6 is 0 Å². The van der Waals surface area contributed by atoms with E-state index >= 15 is 0 Å². The van der Waals surface area contributed by atoms with E-state index in [4.69, 9.17) is 0 Å². The fourth-order valence-electron chi connectivity index (χ4n) is 2.03. The topological polar surface area (TPSA) is 31.1 Å². The Balaban J connectivity index is 1.92. The first kappa shape index (κ1) is 12.9. The maximum atomic E-state index is 3.48. The van der Waals surface area contributed by atoms with E-state index in [1.165, 1.54) is 16.7 Å². The minimum atomic E-state index is 0.903. The molecule has 2 N–H and O–H groups in total. The first-order valence-corrected chi connectivity index (χ1v) is 6.29. The van der Waals surface area contributed by atoms with E-state index in [0.29, 0.717) is 0 Å². The van der Waals surface area contributed by atoms with Gasteiger partial charge in [0.2, 0.25) is 0 Å². The first-order valence-electron chi connectivity index (χ1n) is 6.29. The standard InChI is InChI=1S/C15H21N3/c1-18(2)12-15-6-4-3-5-14(15)11-17-10-13-7-8-16-9-13/h3-9,16-17H,10-12H2,1-2H3. The van der Waals surface area contributed by atoms with Gasteiger partial charge in [-0.2, -0.15) is 0 Å². The third kappa shape index (κ3) is 3.72. The van der Waals surface area contributed by atoms with E-state index in [9.17, 15) is 0 Å². The van der Waals surface area contributed by atoms with Crippen molar-refractivity contribution in [2.75, 3.05) is 14.1 Å². The molecule has 2 rings (SSSR count). The minimum Gasteiger partial charge on any atom is -0.367 e. The van der Waals surface area contributed by atoms with E-state index in [-0.39, 0.29) is 0 Å². The van der Waals surface area contributed by atoms with Crippen LogP contribution in [0.1, 0.15) is 16.7 Å². The van der Waals surface area contributed by atoms with Crippen LogP contribution in [0.3, 0.4) is 0 Å². The van der Waals surface area contributed by atoms with Gasteiger partial charge >= 0.3 is 0 Å². The second kappa shape index (κ2) is 6.38. The van der Waals surface area contributed by atoms with Crippen molar-refractivity contribution in [1.82, 2.24) is 15.2 Å². The number of aromatic amines is 1. The number of nitrogens with zero attached hydrogens (tertiary/aromatic N) is 1. The lowest BCUT2D eigenvalue weighted by Crippen LogP contribution is -2.17. The number of benzene rings is 1. The van der Waals surface area contributed by atoms with Crippen LogP contribution in [-0.2, 0) is 19.6 Å². The summed E-state index contributed by atoms with van der Waals surface area (Å²) in [4.78, 5) is 5.27. The molecule has 0 aliphatic rings. The third-order valence-electron chi connectivity index (χ3n) is 2.91. The van der Waals surface area contributed by atoms with Crippen molar-refractivity contribution in [2.45, 2.75) is 19.6 Å². The molecule has 3 heteroatoms. The Labute approximate surface area is 109 Å². The molecule has 0 amide bonds. The Morgan fingerprint density at radius 1 is 1.06 bits per heavy atom. The van der Waals surface area contributed by atoms with Gasteiger partial charge in [0.05, 0.1) is 0 Å². The van der Waals surface area contributed by atoms with Gasteiger partial charge in [0.1, 0.15) is 0 Å². The van der Waals surface area contributed by atoms with Crippen LogP contribution < -0.4 is 5.32 Å². The minimum absolute atomic E-state index is 0.903. The number of H-pyrrole nitrogens is 1. The summed E-state index contributed by atoms with van der Waals surface area (Å²) in [6.45, 7) is 2.80. The molecule has 18 heavy (non-hydrogen) atoms. The van der Waals surface area contributed by atoms with E-state index in [2.05, 4.69) is 59.6 Å². The van der Waals surface area contributed by atoms with Crippen LogP contribution in [0.2, 0.25) is 0 Å². The molecule has 2 aromatic rings. The zero-order valence-corrected chi connectivity index (χ0v) is 11.1. The molecule has 0 spiro atoms. The van der Waals surface area contributed by atoms with Gasteiger partial charge < -0.3 is 15.2 Å². The SMILES string of the molecule is CN(C)Cc1ccccc1CNCc1cc[nH]c1. The van der Waals surface area contributed by atoms with E-state index < -0.39 is 0 Å². The highest BCUT2D eigenvalue weighted by molar-refractivity contribution is 5.27. The lowest BCUT2D eigenvalue weighted by atomic mass is 10.1. The van der Waals surface area contributed by atoms with Crippen molar-refractivity contribution >= 4 is 0 Å². The van der Waals surface area contributed by atoms with Gasteiger partial charge in [-0.05, 0) is 36.9 Å². The van der Waals surface area contributed by atoms with Crippen molar-refractivity contribution in [3.63, 3.8) is 0 Å². The Morgan fingerprint density at radius 2 is 1.83 bits per heavy atom. The molecule has 0 radical (unpaired) electrons. The molecule has 0 bridgehead atoms. The van der Waals surface area contributed by atoms with Gasteiger partial charge in [-0.15, -0.1) is 0 Å². The van der Waals surface area contributed by atoms with Crippen molar-refractivity contribution in [1.29, 1.82) is 0 Å². The average Bonchev–Trinajstić information content (AvgIpc) is 2.84. The van der Waals surface area contributed by atoms with Gasteiger partial charge in [-0.25, -0.2) is 0 Å². The third-order valence-corrected chi connectivity index (χ3v) is 2.91. The fourth-order valence-corrected chi connectivity index (χ4v) is 2.03. The van der Waals surface area contributed by atoms with Gasteiger partial charge in [0.15, 0.2) is 0 Å². The molecular weight excluding hydrogens is 222 g/mol. The number of nitrogens with one attached hydrogen (secondary N) is 2. The summed E-state index contributed by atoms with van der Waals surface area (Å²) < 4.78 is 0. The second-order valence-electron chi connectivity index (χ2n) is 4.83. The summed E-state index contributed by atoms with van der Waals surface area (Å²) in [5.41, 5.74) is 4.06. The van der Waals surface area contributed by atoms with Crippen LogP contribution in [0.4, 0.5) is 0 Å². The van der Waals surface area contributed by atoms with Crippen LogP contribution in [0, 0.1) is 0 Å². The zero-order valence-electron chi connectivity index (χ0n) is 11.1. The molecule has 1 aromatic carbocycles. The van der Waals surface area contributed by atoms with Crippen molar-refractivity contribution in [2.24, 2.45) is 0 Å². The lowest BCUT2D eigenvalue weighted by Gasteiger charge is -2.14. The maximum absolute atomic E-state index is 3.48. The maximum Gasteiger partial charge on any atom is 0.0230 e. The van der Waals surface area contributed by atoms with Crippen LogP contribution in [0.15, 0.2) is 42.7 Å². The van der Waals surface area contributed by atoms with Gasteiger partial charge in [0.25, 0.3) is 0 Å². The molecular formula is C15H21N3. The fraction of sp³-hybridized carbons (Fsp3) is 0.333. The first-order chi connectivity index (χ1) is 8.75. The summed E-state index contributed by atoms with van der Waals surface area (Å²) in [6, 6.07) is 10.7. The molecule has 0 aliphatic heterocycles. The van der Waals surface area contributed by atoms with Crippen LogP contribution in [-0.4, -0.2) is 24.0 Å². The zero-order chi connectivity index (χ0) is 12.8. The molecule has 0 unspecified atom stereocenters. The molecule has 0 atom stereocenters. The molecule has 96 valence electrons. The summed E-state index contributed by atoms with van der Waals surface area (Å²) in [5, 5.41) is 3.48. The molecule has 1 heterocycles. The van der Waals surface area contributed by atoms with Gasteiger partial charge in [-0.3, -0.25) is 0 Å². The van der Waals surface area contributed by atoms with E-state index in [1.54, 1.807) is 0 Å². The molecule has 3 nitrogen and oxygen atoms in total. The lowest BCUT2D eigenvalue weighted by molar-refractivity contribution is 0.400. The predicted octanol–water partition coefficient (Wildman–Crippen LogP) is 2.37. The summed E-state index contributed by atoms with van der Waals surface area (Å²) in [6.07, 6.45) is 3.98. The molecule has 0 saturated heterocycles. The molecule has 1 aromatic heterocycles. The highest BCUT2D eigenvalue weighted by Crippen LogP contribution is 2.10. The number of aromatic nitrogens is 1. The Hall–Kier alpha value is -1.58. The van der Waals surface area contributed by atoms with Gasteiger partial charge in [0, 0.05) is 32.0 Å². The Morgan fingerprint density at radius 3 is 2.50 bits per heavy atom. The smallest absolute Gasteiger partial charge is 0.0230 e. The molecule has 0 saturated carbocycles. The highest BCUT2D eigenvalue weighted by atomic mass is 15.0. The largest absolute Gasteiger partial charge is 0.367 e. The summed E-state index contributed by atoms with van der Waals surface area (Å²) in [5.74, 6) is 0. The average molecular weight is 243 g/mol. The monoisotopic (exact) mass is 243 g/mol. The highest BCUT2D eigenvalue weighted by Gasteiger charge is 2.02. The van der Waals surface area contributed by atoms with Crippen LogP contribution in [0.25, 0.3) is 0 Å². The summed E-state index contributed by atoms with van der Waals surface area (Å²) >= 11 is 0. The van der Waals surface area contributed by atoms with Crippen molar-refractivity contribution in [3.05, 3.63) is 59.4 Å². The number of hydrogen-bond donors (Lipinski definition) is 2. The number of hydrogen-bond acceptors (Lipinski definition) is 2. The van der Waals surface area contributed by atoms with Crippen molar-refractivity contribution < 1.29 is 0 Å². The number of rotatable bonds is 6. The van der Waals surface area contributed by atoms with Crippen molar-refractivity contribution in [3.8, 4) is 0 Å². The van der Waals surface area contributed by atoms with E-state index in [1.807, 2.05) is 12.4 Å². The van der Waals surface area contributed by atoms with Crippen LogP contribution in [0.5, 0.6) is 0 Å². The normalized spacial score (nSPS) is 11.1. The van der Waals surface area contributed by atoms with E-state index in [0.717, 1.165) is 19.6 Å². The Bertz CT molecular complexity index is 460. The molecule has 0 fully saturated rings.